The van der Waals surface area contributed by atoms with Gasteiger partial charge in [-0.3, -0.25) is 9.69 Å². The fraction of sp³-hybridized carbons (Fsp3) is 0.391. The van der Waals surface area contributed by atoms with Crippen molar-refractivity contribution >= 4 is 40.5 Å². The SMILES string of the molecule is CN(C(=O)O)C1(C(=O)NC(CCO)c2ccc(Cl)cc2)CCN(c2ncnc3[nH]ccc23)CC1. The van der Waals surface area contributed by atoms with Gasteiger partial charge in [0.25, 0.3) is 0 Å². The smallest absolute Gasteiger partial charge is 0.407 e. The Hall–Kier alpha value is -3.37. The number of nitrogens with zero attached hydrogens (tertiary/aromatic N) is 4. The number of piperidine rings is 1. The molecule has 10 nitrogen and oxygen atoms in total. The molecule has 2 aromatic heterocycles. The molecule has 4 N–H and O–H groups in total. The number of aromatic nitrogens is 3. The minimum atomic E-state index is -1.26. The van der Waals surface area contributed by atoms with Gasteiger partial charge in [0.2, 0.25) is 5.91 Å². The van der Waals surface area contributed by atoms with Crippen LogP contribution in [0.2, 0.25) is 5.02 Å². The summed E-state index contributed by atoms with van der Waals surface area (Å²) in [5.41, 5.74) is 0.248. The number of likely N-dealkylation sites (N-methyl/N-ethyl adjacent to an activating group) is 1. The Morgan fingerprint density at radius 2 is 1.94 bits per heavy atom. The first-order valence-electron chi connectivity index (χ1n) is 11.0. The molecule has 34 heavy (non-hydrogen) atoms. The number of hydrogen-bond donors (Lipinski definition) is 4. The van der Waals surface area contributed by atoms with Crippen LogP contribution in [0.5, 0.6) is 0 Å². The fourth-order valence-electron chi connectivity index (χ4n) is 4.54. The monoisotopic (exact) mass is 486 g/mol. The Morgan fingerprint density at radius 1 is 1.24 bits per heavy atom. The van der Waals surface area contributed by atoms with Crippen LogP contribution in [0.15, 0.2) is 42.9 Å². The lowest BCUT2D eigenvalue weighted by atomic mass is 9.84. The topological polar surface area (TPSA) is 135 Å². The molecule has 1 aromatic carbocycles. The molecule has 180 valence electrons. The van der Waals surface area contributed by atoms with Gasteiger partial charge in [-0.1, -0.05) is 23.7 Å². The van der Waals surface area contributed by atoms with E-state index in [4.69, 9.17) is 11.6 Å². The Bertz CT molecular complexity index is 1160. The quantitative estimate of drug-likeness (QED) is 0.403. The molecule has 0 spiro atoms. The third kappa shape index (κ3) is 4.51. The van der Waals surface area contributed by atoms with Crippen molar-refractivity contribution in [3.63, 3.8) is 0 Å². The number of aromatic amines is 1. The molecule has 3 aromatic rings. The first-order valence-corrected chi connectivity index (χ1v) is 11.4. The molecule has 0 bridgehead atoms. The van der Waals surface area contributed by atoms with Gasteiger partial charge >= 0.3 is 6.09 Å². The Balaban J connectivity index is 1.57. The average molecular weight is 487 g/mol. The molecule has 1 fully saturated rings. The lowest BCUT2D eigenvalue weighted by molar-refractivity contribution is -0.134. The van der Waals surface area contributed by atoms with E-state index in [-0.39, 0.29) is 25.4 Å². The van der Waals surface area contributed by atoms with Crippen molar-refractivity contribution < 1.29 is 19.8 Å². The van der Waals surface area contributed by atoms with Crippen LogP contribution < -0.4 is 10.2 Å². The fourth-order valence-corrected chi connectivity index (χ4v) is 4.66. The zero-order valence-electron chi connectivity index (χ0n) is 18.7. The number of carboxylic acid groups (broad SMARTS) is 1. The highest BCUT2D eigenvalue weighted by atomic mass is 35.5. The van der Waals surface area contributed by atoms with Crippen molar-refractivity contribution in [2.24, 2.45) is 0 Å². The van der Waals surface area contributed by atoms with E-state index in [9.17, 15) is 19.8 Å². The lowest BCUT2D eigenvalue weighted by Crippen LogP contribution is -2.63. The summed E-state index contributed by atoms with van der Waals surface area (Å²) in [6, 6.07) is 8.43. The number of halogens is 1. The maximum atomic E-state index is 13.6. The van der Waals surface area contributed by atoms with Crippen LogP contribution in [0.3, 0.4) is 0 Å². The summed E-state index contributed by atoms with van der Waals surface area (Å²) in [5, 5.41) is 23.8. The molecule has 1 atom stereocenters. The number of benzene rings is 1. The van der Waals surface area contributed by atoms with Crippen molar-refractivity contribution in [1.82, 2.24) is 25.2 Å². The summed E-state index contributed by atoms with van der Waals surface area (Å²) in [5.74, 6) is 0.359. The Labute approximate surface area is 201 Å². The van der Waals surface area contributed by atoms with Gasteiger partial charge in [-0.2, -0.15) is 0 Å². The van der Waals surface area contributed by atoms with Gasteiger partial charge in [0, 0.05) is 38.0 Å². The second-order valence-corrected chi connectivity index (χ2v) is 8.82. The molecular weight excluding hydrogens is 460 g/mol. The van der Waals surface area contributed by atoms with Crippen LogP contribution in [0.4, 0.5) is 10.6 Å². The molecule has 1 aliphatic heterocycles. The molecule has 4 rings (SSSR count). The van der Waals surface area contributed by atoms with E-state index in [2.05, 4.69) is 20.3 Å². The number of rotatable bonds is 7. The molecule has 0 aliphatic carbocycles. The summed E-state index contributed by atoms with van der Waals surface area (Å²) in [4.78, 5) is 40.5. The summed E-state index contributed by atoms with van der Waals surface area (Å²) >= 11 is 5.99. The van der Waals surface area contributed by atoms with Gasteiger partial charge in [0.05, 0.1) is 11.4 Å². The zero-order chi connectivity index (χ0) is 24.3. The van der Waals surface area contributed by atoms with Crippen molar-refractivity contribution in [2.75, 3.05) is 31.6 Å². The molecule has 1 saturated heterocycles. The highest BCUT2D eigenvalue weighted by Crippen LogP contribution is 2.33. The van der Waals surface area contributed by atoms with E-state index < -0.39 is 17.7 Å². The Kier molecular flexibility index (Phi) is 6.90. The predicted octanol–water partition coefficient (Wildman–Crippen LogP) is 2.80. The molecule has 1 aliphatic rings. The third-order valence-electron chi connectivity index (χ3n) is 6.57. The van der Waals surface area contributed by atoms with Crippen molar-refractivity contribution in [2.45, 2.75) is 30.8 Å². The van der Waals surface area contributed by atoms with Crippen molar-refractivity contribution in [1.29, 1.82) is 0 Å². The number of carbonyl (C=O) groups excluding carboxylic acids is 1. The van der Waals surface area contributed by atoms with Crippen LogP contribution in [-0.4, -0.2) is 74.3 Å². The van der Waals surface area contributed by atoms with E-state index in [1.165, 1.54) is 13.4 Å². The largest absolute Gasteiger partial charge is 0.465 e. The third-order valence-corrected chi connectivity index (χ3v) is 6.82. The normalized spacial score (nSPS) is 16.3. The zero-order valence-corrected chi connectivity index (χ0v) is 19.5. The van der Waals surface area contributed by atoms with Crippen LogP contribution in [-0.2, 0) is 4.79 Å². The Morgan fingerprint density at radius 3 is 2.59 bits per heavy atom. The maximum absolute atomic E-state index is 13.6. The van der Waals surface area contributed by atoms with Gasteiger partial charge in [0.15, 0.2) is 0 Å². The number of aliphatic hydroxyl groups excluding tert-OH is 1. The van der Waals surface area contributed by atoms with Crippen LogP contribution >= 0.6 is 11.6 Å². The van der Waals surface area contributed by atoms with Gasteiger partial charge in [-0.05, 0) is 43.0 Å². The highest BCUT2D eigenvalue weighted by molar-refractivity contribution is 6.30. The number of aliphatic hydroxyl groups is 1. The predicted molar refractivity (Wildman–Crippen MR) is 128 cm³/mol. The number of nitrogens with one attached hydrogen (secondary N) is 2. The number of carbonyl (C=O) groups is 2. The number of H-pyrrole nitrogens is 1. The highest BCUT2D eigenvalue weighted by Gasteiger charge is 2.48. The first-order chi connectivity index (χ1) is 16.4. The molecule has 0 saturated carbocycles. The molecule has 0 radical (unpaired) electrons. The number of hydrogen-bond acceptors (Lipinski definition) is 6. The number of fused-ring (bicyclic) bond motifs is 1. The minimum Gasteiger partial charge on any atom is -0.465 e. The van der Waals surface area contributed by atoms with Crippen LogP contribution in [0.1, 0.15) is 30.9 Å². The summed E-state index contributed by atoms with van der Waals surface area (Å²) in [7, 11) is 1.43. The lowest BCUT2D eigenvalue weighted by Gasteiger charge is -2.45. The minimum absolute atomic E-state index is 0.135. The molecule has 11 heteroatoms. The molecule has 2 amide bonds. The second-order valence-electron chi connectivity index (χ2n) is 8.39. The second kappa shape index (κ2) is 9.86. The maximum Gasteiger partial charge on any atom is 0.407 e. The van der Waals surface area contributed by atoms with Crippen molar-refractivity contribution in [3.8, 4) is 0 Å². The summed E-state index contributed by atoms with van der Waals surface area (Å²) in [6.45, 7) is 0.741. The van der Waals surface area contributed by atoms with Gasteiger partial charge in [-0.25, -0.2) is 14.8 Å². The average Bonchev–Trinajstić information content (AvgIpc) is 3.33. The van der Waals surface area contributed by atoms with Gasteiger partial charge in [-0.15, -0.1) is 0 Å². The van der Waals surface area contributed by atoms with Crippen LogP contribution in [0.25, 0.3) is 11.0 Å². The molecule has 3 heterocycles. The molecular formula is C23H27ClN6O4. The van der Waals surface area contributed by atoms with E-state index in [0.717, 1.165) is 27.3 Å². The van der Waals surface area contributed by atoms with Crippen LogP contribution in [0, 0.1) is 0 Å². The summed E-state index contributed by atoms with van der Waals surface area (Å²) < 4.78 is 0. The van der Waals surface area contributed by atoms with E-state index in [0.29, 0.717) is 24.5 Å². The van der Waals surface area contributed by atoms with E-state index in [1.807, 2.05) is 11.0 Å². The van der Waals surface area contributed by atoms with E-state index >= 15 is 0 Å². The van der Waals surface area contributed by atoms with Gasteiger partial charge < -0.3 is 25.4 Å². The number of anilines is 1. The summed E-state index contributed by atoms with van der Waals surface area (Å²) in [6.07, 6.45) is 2.95. The number of amides is 2. The standard InChI is InChI=1S/C23H27ClN6O4/c1-29(22(33)34)23(21(32)28-18(7-13-31)15-2-4-16(24)5-3-15)8-11-30(12-9-23)20-17-6-10-25-19(17)26-14-27-20/h2-6,10,14,18,31H,7-9,11-13H2,1H3,(H,28,32)(H,33,34)(H,25,26,27). The van der Waals surface area contributed by atoms with E-state index in [1.54, 1.807) is 30.5 Å². The molecule has 1 unspecified atom stereocenters. The first kappa shape index (κ1) is 23.8. The van der Waals surface area contributed by atoms with Gasteiger partial charge in [0.1, 0.15) is 23.3 Å². The van der Waals surface area contributed by atoms with Crippen molar-refractivity contribution in [3.05, 3.63) is 53.4 Å².